The molecule has 5 rings (SSSR count). The van der Waals surface area contributed by atoms with E-state index in [0.29, 0.717) is 29.8 Å². The lowest BCUT2D eigenvalue weighted by molar-refractivity contribution is -0.137. The molecule has 0 bridgehead atoms. The molecule has 1 saturated heterocycles. The molecule has 0 radical (unpaired) electrons. The van der Waals surface area contributed by atoms with Crippen molar-refractivity contribution in [3.8, 4) is 0 Å². The molecule has 206 valence electrons. The van der Waals surface area contributed by atoms with Gasteiger partial charge in [0, 0.05) is 36.6 Å². The lowest BCUT2D eigenvalue weighted by Gasteiger charge is -2.32. The Balaban J connectivity index is 1.47. The van der Waals surface area contributed by atoms with E-state index in [2.05, 4.69) is 10.1 Å². The maximum atomic E-state index is 13.8. The number of aromatic nitrogens is 2. The van der Waals surface area contributed by atoms with Crippen LogP contribution in [0.5, 0.6) is 0 Å². The van der Waals surface area contributed by atoms with Gasteiger partial charge in [0.15, 0.2) is 5.82 Å². The Kier molecular flexibility index (Phi) is 7.28. The molecule has 1 amide bonds. The maximum absolute atomic E-state index is 13.8. The van der Waals surface area contributed by atoms with Crippen molar-refractivity contribution in [2.24, 2.45) is 0 Å². The van der Waals surface area contributed by atoms with Gasteiger partial charge in [0.1, 0.15) is 12.5 Å². The summed E-state index contributed by atoms with van der Waals surface area (Å²) in [4.78, 5) is 19.2. The Morgan fingerprint density at radius 3 is 2.56 bits per heavy atom. The van der Waals surface area contributed by atoms with Crippen LogP contribution in [0.25, 0.3) is 5.57 Å². The molecule has 1 fully saturated rings. The minimum Gasteiger partial charge on any atom is -0.368 e. The number of alkyl halides is 4. The molecule has 4 atom stereocenters. The van der Waals surface area contributed by atoms with Crippen molar-refractivity contribution in [2.75, 3.05) is 6.54 Å². The number of ether oxygens (including phenoxy) is 1. The molecule has 3 heterocycles. The van der Waals surface area contributed by atoms with Gasteiger partial charge in [0.2, 0.25) is 5.91 Å². The summed E-state index contributed by atoms with van der Waals surface area (Å²) in [5.74, 6) is -0.396. The fourth-order valence-corrected chi connectivity index (χ4v) is 5.35. The van der Waals surface area contributed by atoms with Crippen LogP contribution >= 0.6 is 0 Å². The molecular weight excluding hydrogens is 521 g/mol. The predicted molar refractivity (Wildman–Crippen MR) is 130 cm³/mol. The van der Waals surface area contributed by atoms with Crippen molar-refractivity contribution >= 4 is 11.5 Å². The Hall–Kier alpha value is -3.60. The van der Waals surface area contributed by atoms with E-state index in [-0.39, 0.29) is 29.5 Å². The number of amides is 1. The zero-order valence-electron chi connectivity index (χ0n) is 21.2. The van der Waals surface area contributed by atoms with Gasteiger partial charge in [-0.15, -0.1) is 0 Å². The van der Waals surface area contributed by atoms with E-state index in [1.165, 1.54) is 24.3 Å². The van der Waals surface area contributed by atoms with E-state index < -0.39 is 48.4 Å². The van der Waals surface area contributed by atoms with E-state index in [4.69, 9.17) is 9.26 Å². The van der Waals surface area contributed by atoms with Gasteiger partial charge in [-0.2, -0.15) is 18.2 Å². The molecule has 11 heteroatoms. The van der Waals surface area contributed by atoms with Crippen molar-refractivity contribution < 1.29 is 36.0 Å². The Labute approximate surface area is 221 Å². The highest BCUT2D eigenvalue weighted by Crippen LogP contribution is 2.44. The monoisotopic (exact) mass is 547 g/mol. The van der Waals surface area contributed by atoms with Gasteiger partial charge < -0.3 is 14.2 Å². The van der Waals surface area contributed by atoms with E-state index in [1.54, 1.807) is 24.0 Å². The van der Waals surface area contributed by atoms with Crippen LogP contribution in [0.4, 0.5) is 22.0 Å². The summed E-state index contributed by atoms with van der Waals surface area (Å²) in [5.41, 5.74) is 0.382. The minimum absolute atomic E-state index is 0.107. The molecule has 39 heavy (non-hydrogen) atoms. The Bertz CT molecular complexity index is 1390. The van der Waals surface area contributed by atoms with Crippen LogP contribution < -0.4 is 0 Å². The van der Waals surface area contributed by atoms with E-state index in [1.807, 2.05) is 6.92 Å². The van der Waals surface area contributed by atoms with Gasteiger partial charge in [0.05, 0.1) is 17.8 Å². The number of fused-ring (bicyclic) bond motifs is 1. The van der Waals surface area contributed by atoms with Crippen LogP contribution in [-0.4, -0.2) is 39.6 Å². The maximum Gasteiger partial charge on any atom is 0.416 e. The topological polar surface area (TPSA) is 68.5 Å². The Morgan fingerprint density at radius 2 is 1.92 bits per heavy atom. The van der Waals surface area contributed by atoms with Gasteiger partial charge in [-0.05, 0) is 54.3 Å². The molecule has 2 aromatic carbocycles. The summed E-state index contributed by atoms with van der Waals surface area (Å²) in [7, 11) is 0. The number of rotatable bonds is 7. The van der Waals surface area contributed by atoms with Crippen molar-refractivity contribution in [3.05, 3.63) is 88.3 Å². The molecule has 6 nitrogen and oxygen atoms in total. The number of nitrogens with zero attached hydrogens (tertiary/aromatic N) is 3. The highest BCUT2D eigenvalue weighted by Gasteiger charge is 2.48. The summed E-state index contributed by atoms with van der Waals surface area (Å²) in [5, 5.41) is 3.91. The van der Waals surface area contributed by atoms with Crippen LogP contribution in [0.15, 0.2) is 53.1 Å². The summed E-state index contributed by atoms with van der Waals surface area (Å²) in [6.07, 6.45) is -3.76. The third kappa shape index (κ3) is 5.45. The van der Waals surface area contributed by atoms with Crippen LogP contribution in [0.1, 0.15) is 66.3 Å². The molecule has 0 spiro atoms. The first-order valence-corrected chi connectivity index (χ1v) is 12.6. The predicted octanol–water partition coefficient (Wildman–Crippen LogP) is 6.19. The van der Waals surface area contributed by atoms with Crippen LogP contribution in [0.3, 0.4) is 0 Å². The highest BCUT2D eigenvalue weighted by molar-refractivity contribution is 5.97. The second kappa shape index (κ2) is 10.5. The van der Waals surface area contributed by atoms with E-state index in [9.17, 15) is 26.7 Å². The van der Waals surface area contributed by atoms with E-state index in [0.717, 1.165) is 12.1 Å². The van der Waals surface area contributed by atoms with Gasteiger partial charge >= 0.3 is 6.18 Å². The summed E-state index contributed by atoms with van der Waals surface area (Å²) >= 11 is 0. The number of carbonyl (C=O) groups excluding carboxylic acids is 1. The third-order valence-corrected chi connectivity index (χ3v) is 7.26. The fourth-order valence-electron chi connectivity index (χ4n) is 5.35. The van der Waals surface area contributed by atoms with Gasteiger partial charge in [-0.25, -0.2) is 8.78 Å². The molecule has 0 saturated carbocycles. The van der Waals surface area contributed by atoms with Gasteiger partial charge in [0.25, 0.3) is 5.89 Å². The molecule has 2 aliphatic rings. The molecular formula is C28H26F5N3O3. The second-order valence-electron chi connectivity index (χ2n) is 9.79. The lowest BCUT2D eigenvalue weighted by Crippen LogP contribution is -2.39. The van der Waals surface area contributed by atoms with E-state index >= 15 is 0 Å². The summed E-state index contributed by atoms with van der Waals surface area (Å²) in [6.45, 7) is 2.58. The van der Waals surface area contributed by atoms with Crippen LogP contribution in [0.2, 0.25) is 0 Å². The molecule has 0 N–H and O–H groups in total. The van der Waals surface area contributed by atoms with Crippen molar-refractivity contribution in [1.82, 2.24) is 15.0 Å². The average Bonchev–Trinajstić information content (AvgIpc) is 3.53. The third-order valence-electron chi connectivity index (χ3n) is 7.26. The van der Waals surface area contributed by atoms with Crippen molar-refractivity contribution in [3.63, 3.8) is 0 Å². The lowest BCUT2D eigenvalue weighted by atomic mass is 9.85. The van der Waals surface area contributed by atoms with Gasteiger partial charge in [-0.1, -0.05) is 30.3 Å². The molecule has 3 aromatic rings. The second-order valence-corrected chi connectivity index (χ2v) is 9.79. The number of hydrogen-bond donors (Lipinski definition) is 0. The normalized spacial score (nSPS) is 22.1. The first kappa shape index (κ1) is 27.0. The molecule has 2 unspecified atom stereocenters. The smallest absolute Gasteiger partial charge is 0.368 e. The van der Waals surface area contributed by atoms with Gasteiger partial charge in [-0.3, -0.25) is 4.79 Å². The highest BCUT2D eigenvalue weighted by atomic mass is 19.4. The fraction of sp³-hybridized carbons (Fsp3) is 0.393. The number of hydrogen-bond acceptors (Lipinski definition) is 5. The van der Waals surface area contributed by atoms with Crippen LogP contribution in [0, 0.1) is 5.82 Å². The quantitative estimate of drug-likeness (QED) is 0.330. The zero-order valence-corrected chi connectivity index (χ0v) is 21.2. The summed E-state index contributed by atoms with van der Waals surface area (Å²) in [6, 6.07) is 8.52. The number of carbonyl (C=O) groups is 1. The molecule has 1 aromatic heterocycles. The average molecular weight is 548 g/mol. The largest absolute Gasteiger partial charge is 0.416 e. The SMILES string of the molecule is CCc1noc(C2=CC(=O)N3C[C@H](O[C@H](C)c4cc(CF)cc(C(F)(F)F)c4)C(c4ccc(F)cc4)C3C2)n1. The minimum atomic E-state index is -4.65. The molecule has 0 aliphatic carbocycles. The zero-order chi connectivity index (χ0) is 27.9. The summed E-state index contributed by atoms with van der Waals surface area (Å²) < 4.78 is 79.2. The Morgan fingerprint density at radius 1 is 1.18 bits per heavy atom. The first-order chi connectivity index (χ1) is 18.6. The number of benzene rings is 2. The standard InChI is InChI=1S/C28H26F5N3O3/c1-3-24-34-27(39-35-24)19-11-22-26(17-4-6-21(30)7-5-17)23(14-36(22)25(37)12-19)38-15(2)18-8-16(13-29)9-20(10-18)28(31,32)33/h4-10,12,15,22-23,26H,3,11,13-14H2,1-2H3/t15-,22?,23+,26?/m1/s1. The first-order valence-electron chi connectivity index (χ1n) is 12.6. The van der Waals surface area contributed by atoms with Crippen molar-refractivity contribution in [1.29, 1.82) is 0 Å². The number of aryl methyl sites for hydroxylation is 1. The van der Waals surface area contributed by atoms with Crippen LogP contribution in [-0.2, 0) is 28.8 Å². The number of halogens is 5. The van der Waals surface area contributed by atoms with Crippen molar-refractivity contribution in [2.45, 2.75) is 63.7 Å². The molecule has 2 aliphatic heterocycles.